The Bertz CT molecular complexity index is 429. The average Bonchev–Trinajstić information content (AvgIpc) is 2.36. The van der Waals surface area contributed by atoms with Gasteiger partial charge in [-0.3, -0.25) is 4.79 Å². The van der Waals surface area contributed by atoms with Crippen LogP contribution in [-0.4, -0.2) is 11.9 Å². The third-order valence-electron chi connectivity index (χ3n) is 2.83. The molecule has 0 radical (unpaired) electrons. The summed E-state index contributed by atoms with van der Waals surface area (Å²) in [7, 11) is 0. The van der Waals surface area contributed by atoms with Crippen molar-refractivity contribution in [3.05, 3.63) is 35.4 Å². The maximum atomic E-state index is 11.9. The van der Waals surface area contributed by atoms with Crippen molar-refractivity contribution >= 4 is 5.91 Å². The predicted molar refractivity (Wildman–Crippen MR) is 72.2 cm³/mol. The largest absolute Gasteiger partial charge is 0.350 e. The average molecular weight is 244 g/mol. The van der Waals surface area contributed by atoms with Gasteiger partial charge in [-0.25, -0.2) is 0 Å². The SMILES string of the molecule is CC(C)CC[C@@H](C)NC(=O)c1ccc(C#N)cc1. The highest BCUT2D eigenvalue weighted by Gasteiger charge is 2.10. The van der Waals surface area contributed by atoms with Crippen LogP contribution in [0.2, 0.25) is 0 Å². The van der Waals surface area contributed by atoms with Crippen molar-refractivity contribution in [2.75, 3.05) is 0 Å². The molecule has 0 aliphatic heterocycles. The molecule has 3 nitrogen and oxygen atoms in total. The van der Waals surface area contributed by atoms with Crippen LogP contribution in [0.1, 0.15) is 49.5 Å². The van der Waals surface area contributed by atoms with Crippen LogP contribution >= 0.6 is 0 Å². The van der Waals surface area contributed by atoms with Gasteiger partial charge in [0.05, 0.1) is 11.6 Å². The molecule has 0 saturated carbocycles. The number of nitriles is 1. The van der Waals surface area contributed by atoms with Gasteiger partial charge in [0.1, 0.15) is 0 Å². The maximum absolute atomic E-state index is 11.9. The number of amides is 1. The molecule has 96 valence electrons. The highest BCUT2D eigenvalue weighted by atomic mass is 16.1. The monoisotopic (exact) mass is 244 g/mol. The van der Waals surface area contributed by atoms with Crippen LogP contribution in [-0.2, 0) is 0 Å². The summed E-state index contributed by atoms with van der Waals surface area (Å²) < 4.78 is 0. The normalized spacial score (nSPS) is 11.9. The first-order chi connectivity index (χ1) is 8.52. The third-order valence-corrected chi connectivity index (χ3v) is 2.83. The van der Waals surface area contributed by atoms with Crippen LogP contribution in [0.15, 0.2) is 24.3 Å². The predicted octanol–water partition coefficient (Wildman–Crippen LogP) is 3.11. The highest BCUT2D eigenvalue weighted by molar-refractivity contribution is 5.94. The van der Waals surface area contributed by atoms with Gasteiger partial charge >= 0.3 is 0 Å². The number of nitrogens with one attached hydrogen (secondary N) is 1. The summed E-state index contributed by atoms with van der Waals surface area (Å²) in [5.74, 6) is 0.579. The molecule has 0 heterocycles. The molecule has 1 aromatic carbocycles. The second kappa shape index (κ2) is 6.80. The Labute approximate surface area is 109 Å². The Morgan fingerprint density at radius 3 is 2.33 bits per heavy atom. The fourth-order valence-electron chi connectivity index (χ4n) is 1.66. The van der Waals surface area contributed by atoms with Gasteiger partial charge in [0.25, 0.3) is 5.91 Å². The molecule has 1 aromatic rings. The van der Waals surface area contributed by atoms with Crippen molar-refractivity contribution < 1.29 is 4.79 Å². The van der Waals surface area contributed by atoms with Gasteiger partial charge in [-0.15, -0.1) is 0 Å². The minimum Gasteiger partial charge on any atom is -0.350 e. The summed E-state index contributed by atoms with van der Waals surface area (Å²) in [6, 6.07) is 8.90. The van der Waals surface area contributed by atoms with Crippen molar-refractivity contribution in [3.63, 3.8) is 0 Å². The number of nitrogens with zero attached hydrogens (tertiary/aromatic N) is 1. The lowest BCUT2D eigenvalue weighted by Gasteiger charge is -2.15. The Hall–Kier alpha value is -1.82. The lowest BCUT2D eigenvalue weighted by atomic mass is 10.0. The minimum absolute atomic E-state index is 0.0734. The van der Waals surface area contributed by atoms with E-state index in [1.54, 1.807) is 24.3 Å². The van der Waals surface area contributed by atoms with Gasteiger partial charge in [-0.1, -0.05) is 13.8 Å². The molecule has 3 heteroatoms. The van der Waals surface area contributed by atoms with Crippen molar-refractivity contribution in [1.82, 2.24) is 5.32 Å². The molecule has 0 unspecified atom stereocenters. The van der Waals surface area contributed by atoms with Gasteiger partial charge in [-0.2, -0.15) is 5.26 Å². The molecule has 0 aliphatic carbocycles. The van der Waals surface area contributed by atoms with E-state index in [1.165, 1.54) is 0 Å². The molecule has 1 atom stereocenters. The molecule has 0 spiro atoms. The summed E-state index contributed by atoms with van der Waals surface area (Å²) in [6.45, 7) is 6.37. The molecule has 1 N–H and O–H groups in total. The summed E-state index contributed by atoms with van der Waals surface area (Å²) in [5.41, 5.74) is 1.17. The van der Waals surface area contributed by atoms with Gasteiger partial charge < -0.3 is 5.32 Å². The molecule has 1 rings (SSSR count). The van der Waals surface area contributed by atoms with Crippen LogP contribution in [0, 0.1) is 17.2 Å². The van der Waals surface area contributed by atoms with Crippen molar-refractivity contribution in [2.24, 2.45) is 5.92 Å². The summed E-state index contributed by atoms with van der Waals surface area (Å²) in [4.78, 5) is 11.9. The van der Waals surface area contributed by atoms with E-state index in [1.807, 2.05) is 13.0 Å². The number of carbonyl (C=O) groups is 1. The fraction of sp³-hybridized carbons (Fsp3) is 0.467. The van der Waals surface area contributed by atoms with E-state index in [4.69, 9.17) is 5.26 Å². The van der Waals surface area contributed by atoms with Gasteiger partial charge in [0.2, 0.25) is 0 Å². The molecule has 0 saturated heterocycles. The molecule has 1 amide bonds. The fourth-order valence-corrected chi connectivity index (χ4v) is 1.66. The lowest BCUT2D eigenvalue weighted by Crippen LogP contribution is -2.32. The number of rotatable bonds is 5. The molecule has 0 aromatic heterocycles. The van der Waals surface area contributed by atoms with Crippen molar-refractivity contribution in [3.8, 4) is 6.07 Å². The van der Waals surface area contributed by atoms with Gasteiger partial charge in [0, 0.05) is 11.6 Å². The second-order valence-electron chi connectivity index (χ2n) is 5.03. The van der Waals surface area contributed by atoms with E-state index >= 15 is 0 Å². The number of hydrogen-bond donors (Lipinski definition) is 1. The van der Waals surface area contributed by atoms with Gasteiger partial charge in [0.15, 0.2) is 0 Å². The minimum atomic E-state index is -0.0734. The summed E-state index contributed by atoms with van der Waals surface area (Å²) in [5, 5.41) is 11.7. The third kappa shape index (κ3) is 4.58. The number of benzene rings is 1. The molecule has 0 bridgehead atoms. The van der Waals surface area contributed by atoms with E-state index in [2.05, 4.69) is 19.2 Å². The Morgan fingerprint density at radius 2 is 1.83 bits per heavy atom. The Balaban J connectivity index is 2.51. The van der Waals surface area contributed by atoms with Crippen LogP contribution in [0.3, 0.4) is 0 Å². The smallest absolute Gasteiger partial charge is 0.251 e. The van der Waals surface area contributed by atoms with Crippen molar-refractivity contribution in [1.29, 1.82) is 5.26 Å². The zero-order valence-electron chi connectivity index (χ0n) is 11.2. The van der Waals surface area contributed by atoms with Crippen LogP contribution in [0.4, 0.5) is 0 Å². The van der Waals surface area contributed by atoms with E-state index in [9.17, 15) is 4.79 Å². The molecular formula is C15H20N2O. The maximum Gasteiger partial charge on any atom is 0.251 e. The Kier molecular flexibility index (Phi) is 5.38. The van der Waals surface area contributed by atoms with Crippen LogP contribution in [0.25, 0.3) is 0 Å². The highest BCUT2D eigenvalue weighted by Crippen LogP contribution is 2.08. The molecular weight excluding hydrogens is 224 g/mol. The van der Waals surface area contributed by atoms with E-state index in [-0.39, 0.29) is 11.9 Å². The number of hydrogen-bond acceptors (Lipinski definition) is 2. The van der Waals surface area contributed by atoms with Gasteiger partial charge in [-0.05, 0) is 49.9 Å². The topological polar surface area (TPSA) is 52.9 Å². The quantitative estimate of drug-likeness (QED) is 0.865. The first-order valence-electron chi connectivity index (χ1n) is 6.34. The Morgan fingerprint density at radius 1 is 1.22 bits per heavy atom. The van der Waals surface area contributed by atoms with E-state index in [0.29, 0.717) is 17.0 Å². The van der Waals surface area contributed by atoms with E-state index in [0.717, 1.165) is 12.8 Å². The molecule has 18 heavy (non-hydrogen) atoms. The van der Waals surface area contributed by atoms with Crippen LogP contribution < -0.4 is 5.32 Å². The van der Waals surface area contributed by atoms with Crippen molar-refractivity contribution in [2.45, 2.75) is 39.7 Å². The molecule has 0 aliphatic rings. The van der Waals surface area contributed by atoms with Crippen LogP contribution in [0.5, 0.6) is 0 Å². The lowest BCUT2D eigenvalue weighted by molar-refractivity contribution is 0.0937. The van der Waals surface area contributed by atoms with E-state index < -0.39 is 0 Å². The summed E-state index contributed by atoms with van der Waals surface area (Å²) in [6.07, 6.45) is 2.09. The first-order valence-corrected chi connectivity index (χ1v) is 6.34. The zero-order chi connectivity index (χ0) is 13.5. The standard InChI is InChI=1S/C15H20N2O/c1-11(2)4-5-12(3)17-15(18)14-8-6-13(10-16)7-9-14/h6-9,11-12H,4-5H2,1-3H3,(H,17,18)/t12-/m1/s1. The summed E-state index contributed by atoms with van der Waals surface area (Å²) >= 11 is 0. The first kappa shape index (κ1) is 14.2. The number of carbonyl (C=O) groups excluding carboxylic acids is 1. The molecule has 0 fully saturated rings. The second-order valence-corrected chi connectivity index (χ2v) is 5.03. The zero-order valence-corrected chi connectivity index (χ0v) is 11.2.